The number of hydrogen-bond acceptors (Lipinski definition) is 8. The number of ketones is 2. The van der Waals surface area contributed by atoms with Gasteiger partial charge in [0.15, 0.2) is 5.75 Å². The summed E-state index contributed by atoms with van der Waals surface area (Å²) in [5, 5.41) is 29.4. The number of benzene rings is 2. The van der Waals surface area contributed by atoms with Gasteiger partial charge in [0.2, 0.25) is 29.6 Å². The molecule has 3 N–H and O–H groups in total. The zero-order chi connectivity index (χ0) is 25.6. The molecule has 3 aromatic rings. The molecule has 0 atom stereocenters. The number of carboxylic acid groups (broad SMARTS) is 2. The topological polar surface area (TPSA) is 158 Å². The standard InChI is InChI=1S/C25H16N2O9/c28-21(29)11-26-15-5-1-3-7-17(15)35-19(26)9-13-23(32)14(25(34)24(13)33)10-20-27(12-22(30)31)16-6-2-4-8-18(16)36-20/h1-10H,11-12H2,(H2-,28,29,30,31,32,33,34)/p+1. The molecule has 1 aliphatic heterocycles. The van der Waals surface area contributed by atoms with E-state index in [0.29, 0.717) is 22.5 Å². The highest BCUT2D eigenvalue weighted by Crippen LogP contribution is 2.39. The number of para-hydroxylation sites is 4. The van der Waals surface area contributed by atoms with E-state index < -0.39 is 53.5 Å². The van der Waals surface area contributed by atoms with Crippen LogP contribution in [-0.2, 0) is 25.7 Å². The lowest BCUT2D eigenvalue weighted by atomic mass is 10.1. The molecule has 0 amide bonds. The van der Waals surface area contributed by atoms with E-state index >= 15 is 0 Å². The molecule has 11 nitrogen and oxygen atoms in total. The molecule has 0 saturated carbocycles. The van der Waals surface area contributed by atoms with Gasteiger partial charge in [-0.05, 0) is 18.2 Å². The van der Waals surface area contributed by atoms with Gasteiger partial charge in [-0.1, -0.05) is 24.3 Å². The summed E-state index contributed by atoms with van der Waals surface area (Å²) >= 11 is 0. The molecule has 0 unspecified atom stereocenters. The van der Waals surface area contributed by atoms with E-state index in [1.165, 1.54) is 9.47 Å². The fourth-order valence-corrected chi connectivity index (χ4v) is 4.04. The first-order chi connectivity index (χ1) is 17.2. The number of Topliss-reactive ketones (excluding diaryl/α,β-unsaturated/α-hetero) is 2. The maximum absolute atomic E-state index is 12.8. The number of aliphatic hydroxyl groups excluding tert-OH is 1. The van der Waals surface area contributed by atoms with Crippen LogP contribution in [0, 0.1) is 0 Å². The number of oxazole rings is 1. The number of carbonyl (C=O) groups is 4. The number of allylic oxidation sites excluding steroid dienone is 3. The SMILES string of the molecule is O=C(O)CN1/C(=C\C2=C(O)C(=C/c3oc4ccccc4[n+]3CC(=O)O)/C(=O)C2=O)Oc2ccccc21. The number of aliphatic hydroxyl groups is 1. The highest BCUT2D eigenvalue weighted by molar-refractivity contribution is 6.54. The number of anilines is 1. The predicted molar refractivity (Wildman–Crippen MR) is 122 cm³/mol. The Balaban J connectivity index is 1.60. The number of fused-ring (bicyclic) bond motifs is 2. The molecule has 1 aromatic heterocycles. The maximum Gasteiger partial charge on any atom is 0.375 e. The van der Waals surface area contributed by atoms with Gasteiger partial charge in [0.05, 0.1) is 22.9 Å². The molecule has 2 aromatic carbocycles. The third-order valence-electron chi connectivity index (χ3n) is 5.60. The van der Waals surface area contributed by atoms with Crippen molar-refractivity contribution in [1.29, 1.82) is 0 Å². The van der Waals surface area contributed by atoms with Crippen molar-refractivity contribution in [1.82, 2.24) is 0 Å². The predicted octanol–water partition coefficient (Wildman–Crippen LogP) is 1.98. The van der Waals surface area contributed by atoms with Gasteiger partial charge in [-0.25, -0.2) is 4.79 Å². The Labute approximate surface area is 202 Å². The highest BCUT2D eigenvalue weighted by atomic mass is 16.5. The Hall–Kier alpha value is -5.19. The van der Waals surface area contributed by atoms with Gasteiger partial charge in [-0.3, -0.25) is 19.3 Å². The second kappa shape index (κ2) is 8.55. The van der Waals surface area contributed by atoms with Crippen molar-refractivity contribution < 1.29 is 48.2 Å². The van der Waals surface area contributed by atoms with E-state index in [4.69, 9.17) is 9.15 Å². The minimum Gasteiger partial charge on any atom is -0.506 e. The van der Waals surface area contributed by atoms with Crippen molar-refractivity contribution in [2.24, 2.45) is 0 Å². The summed E-state index contributed by atoms with van der Waals surface area (Å²) in [5.74, 6) is -4.86. The molecule has 2 heterocycles. The normalized spacial score (nSPS) is 17.4. The Morgan fingerprint density at radius 2 is 1.67 bits per heavy atom. The minimum absolute atomic E-state index is 0.0628. The van der Waals surface area contributed by atoms with Crippen LogP contribution in [0.3, 0.4) is 0 Å². The quantitative estimate of drug-likeness (QED) is 0.265. The molecule has 36 heavy (non-hydrogen) atoms. The molecule has 0 spiro atoms. The zero-order valence-electron chi connectivity index (χ0n) is 18.4. The first-order valence-electron chi connectivity index (χ1n) is 10.6. The molecular formula is C25H17N2O9+. The van der Waals surface area contributed by atoms with Crippen LogP contribution in [-0.4, -0.2) is 45.4 Å². The van der Waals surface area contributed by atoms with Crippen molar-refractivity contribution in [2.75, 3.05) is 11.4 Å². The molecule has 0 bridgehead atoms. The monoisotopic (exact) mass is 489 g/mol. The van der Waals surface area contributed by atoms with E-state index in [1.54, 1.807) is 48.5 Å². The average Bonchev–Trinajstić information content (AvgIpc) is 3.42. The summed E-state index contributed by atoms with van der Waals surface area (Å²) in [4.78, 5) is 49.6. The van der Waals surface area contributed by atoms with Crippen molar-refractivity contribution in [3.05, 3.63) is 83.3 Å². The van der Waals surface area contributed by atoms with Crippen LogP contribution in [0.1, 0.15) is 5.89 Å². The van der Waals surface area contributed by atoms with Crippen LogP contribution in [0.25, 0.3) is 17.2 Å². The molecular weight excluding hydrogens is 472 g/mol. The lowest BCUT2D eigenvalue weighted by Gasteiger charge is -2.15. The number of rotatable bonds is 6. The second-order valence-corrected chi connectivity index (χ2v) is 7.90. The smallest absolute Gasteiger partial charge is 0.375 e. The highest BCUT2D eigenvalue weighted by Gasteiger charge is 2.39. The van der Waals surface area contributed by atoms with Crippen LogP contribution >= 0.6 is 0 Å². The van der Waals surface area contributed by atoms with Gasteiger partial charge >= 0.3 is 17.8 Å². The van der Waals surface area contributed by atoms with E-state index in [2.05, 4.69) is 0 Å². The van der Waals surface area contributed by atoms with Gasteiger partial charge in [0.1, 0.15) is 12.3 Å². The van der Waals surface area contributed by atoms with Crippen LogP contribution in [0.2, 0.25) is 0 Å². The number of aromatic nitrogens is 1. The minimum atomic E-state index is -1.17. The number of aliphatic carboxylic acids is 2. The fourth-order valence-electron chi connectivity index (χ4n) is 4.04. The van der Waals surface area contributed by atoms with Gasteiger partial charge < -0.3 is 24.5 Å². The van der Waals surface area contributed by atoms with Gasteiger partial charge in [-0.15, -0.1) is 4.57 Å². The zero-order valence-corrected chi connectivity index (χ0v) is 18.4. The molecule has 2 aliphatic rings. The van der Waals surface area contributed by atoms with Gasteiger partial charge in [0.25, 0.3) is 5.52 Å². The van der Waals surface area contributed by atoms with E-state index in [0.717, 1.165) is 12.2 Å². The summed E-state index contributed by atoms with van der Waals surface area (Å²) in [6.07, 6.45) is 2.20. The molecule has 5 rings (SSSR count). The van der Waals surface area contributed by atoms with Crippen LogP contribution in [0.15, 0.2) is 81.8 Å². The van der Waals surface area contributed by atoms with Crippen LogP contribution in [0.5, 0.6) is 5.75 Å². The van der Waals surface area contributed by atoms with Crippen LogP contribution < -0.4 is 14.2 Å². The van der Waals surface area contributed by atoms with E-state index in [9.17, 15) is 34.5 Å². The van der Waals surface area contributed by atoms with E-state index in [1.807, 2.05) is 0 Å². The molecule has 1 aliphatic carbocycles. The van der Waals surface area contributed by atoms with Crippen molar-refractivity contribution >= 4 is 46.4 Å². The van der Waals surface area contributed by atoms with E-state index in [-0.39, 0.29) is 11.8 Å². The third kappa shape index (κ3) is 3.78. The number of carbonyl (C=O) groups excluding carboxylic acids is 2. The maximum atomic E-state index is 12.8. The fraction of sp³-hybridized carbons (Fsp3) is 0.0800. The summed E-state index contributed by atoms with van der Waals surface area (Å²) in [6.45, 7) is -0.980. The first-order valence-corrected chi connectivity index (χ1v) is 10.6. The average molecular weight is 489 g/mol. The Morgan fingerprint density at radius 3 is 2.42 bits per heavy atom. The van der Waals surface area contributed by atoms with Crippen molar-refractivity contribution in [3.63, 3.8) is 0 Å². The lowest BCUT2D eigenvalue weighted by Crippen LogP contribution is -2.39. The van der Waals surface area contributed by atoms with Crippen molar-refractivity contribution in [3.8, 4) is 5.75 Å². The number of carboxylic acids is 2. The molecule has 0 radical (unpaired) electrons. The Kier molecular flexibility index (Phi) is 5.36. The Morgan fingerprint density at radius 1 is 0.944 bits per heavy atom. The first kappa shape index (κ1) is 22.6. The molecule has 0 saturated heterocycles. The Bertz CT molecular complexity index is 1580. The molecule has 0 fully saturated rings. The van der Waals surface area contributed by atoms with Crippen molar-refractivity contribution in [2.45, 2.75) is 6.54 Å². The van der Waals surface area contributed by atoms with Gasteiger partial charge in [0, 0.05) is 12.1 Å². The largest absolute Gasteiger partial charge is 0.506 e. The molecule has 180 valence electrons. The summed E-state index contributed by atoms with van der Waals surface area (Å²) in [5.41, 5.74) is 0.428. The number of nitrogens with zero attached hydrogens (tertiary/aromatic N) is 2. The second-order valence-electron chi connectivity index (χ2n) is 7.90. The molecule has 11 heteroatoms. The third-order valence-corrected chi connectivity index (χ3v) is 5.60. The number of hydrogen-bond donors (Lipinski definition) is 3. The summed E-state index contributed by atoms with van der Waals surface area (Å²) < 4.78 is 12.6. The lowest BCUT2D eigenvalue weighted by molar-refractivity contribution is -0.666. The summed E-state index contributed by atoms with van der Waals surface area (Å²) in [6, 6.07) is 13.2. The summed E-state index contributed by atoms with van der Waals surface area (Å²) in [7, 11) is 0. The number of ether oxygens (including phenoxy) is 1. The van der Waals surface area contributed by atoms with Crippen LogP contribution in [0.4, 0.5) is 5.69 Å². The van der Waals surface area contributed by atoms with Gasteiger partial charge in [-0.2, -0.15) is 0 Å².